The van der Waals surface area contributed by atoms with Crippen LogP contribution < -0.4 is 4.90 Å². The van der Waals surface area contributed by atoms with Crippen molar-refractivity contribution < 1.29 is 13.6 Å². The third-order valence-corrected chi connectivity index (χ3v) is 6.00. The summed E-state index contributed by atoms with van der Waals surface area (Å²) >= 11 is 6.12. The number of hydrogen-bond donors (Lipinski definition) is 0. The standard InChI is InChI=1S/C26H21ClFN3O2/c27-19-4-3-5-21(16-19)30-12-14-31(15-13-30)26(32)23-7-2-1-6-22(23)25-29-17-24(33-25)18-8-10-20(28)11-9-18/h1-11,16-17H,12-15H2. The van der Waals surface area contributed by atoms with Crippen molar-refractivity contribution in [3.8, 4) is 22.8 Å². The van der Waals surface area contributed by atoms with Gasteiger partial charge in [0.15, 0.2) is 5.76 Å². The minimum absolute atomic E-state index is 0.0575. The molecular formula is C26H21ClFN3O2. The van der Waals surface area contributed by atoms with E-state index in [0.29, 0.717) is 40.9 Å². The Bertz CT molecular complexity index is 1280. The molecule has 4 aromatic rings. The van der Waals surface area contributed by atoms with Crippen molar-refractivity contribution >= 4 is 23.2 Å². The second-order valence-corrected chi connectivity index (χ2v) is 8.28. The second kappa shape index (κ2) is 9.08. The molecule has 0 N–H and O–H groups in total. The third kappa shape index (κ3) is 4.47. The quantitative estimate of drug-likeness (QED) is 0.387. The monoisotopic (exact) mass is 461 g/mol. The molecule has 7 heteroatoms. The number of carbonyl (C=O) groups excluding carboxylic acids is 1. The van der Waals surface area contributed by atoms with Crippen LogP contribution in [-0.4, -0.2) is 42.0 Å². The molecule has 1 aromatic heterocycles. The molecule has 2 heterocycles. The normalized spacial score (nSPS) is 13.9. The molecule has 1 fully saturated rings. The fourth-order valence-corrected chi connectivity index (χ4v) is 4.20. The van der Waals surface area contributed by atoms with E-state index >= 15 is 0 Å². The molecule has 0 radical (unpaired) electrons. The predicted octanol–water partition coefficient (Wildman–Crippen LogP) is 5.76. The molecule has 1 aliphatic heterocycles. The summed E-state index contributed by atoms with van der Waals surface area (Å²) < 4.78 is 19.2. The second-order valence-electron chi connectivity index (χ2n) is 7.84. The van der Waals surface area contributed by atoms with Gasteiger partial charge in [-0.3, -0.25) is 4.79 Å². The van der Waals surface area contributed by atoms with Gasteiger partial charge in [-0.05, 0) is 54.6 Å². The minimum Gasteiger partial charge on any atom is -0.436 e. The van der Waals surface area contributed by atoms with Crippen LogP contribution in [0.4, 0.5) is 10.1 Å². The number of amides is 1. The van der Waals surface area contributed by atoms with Gasteiger partial charge in [0.1, 0.15) is 5.82 Å². The van der Waals surface area contributed by atoms with E-state index in [1.54, 1.807) is 24.4 Å². The van der Waals surface area contributed by atoms with Crippen molar-refractivity contribution in [1.29, 1.82) is 0 Å². The predicted molar refractivity (Wildman–Crippen MR) is 127 cm³/mol. The molecule has 1 amide bonds. The first kappa shape index (κ1) is 21.2. The van der Waals surface area contributed by atoms with Gasteiger partial charge in [-0.15, -0.1) is 0 Å². The number of aromatic nitrogens is 1. The Kier molecular flexibility index (Phi) is 5.84. The number of oxazole rings is 1. The fraction of sp³-hybridized carbons (Fsp3) is 0.154. The maximum absolute atomic E-state index is 13.4. The van der Waals surface area contributed by atoms with E-state index in [0.717, 1.165) is 24.3 Å². The SMILES string of the molecule is O=C(c1ccccc1-c1ncc(-c2ccc(F)cc2)o1)N1CCN(c2cccc(Cl)c2)CC1. The molecular weight excluding hydrogens is 441 g/mol. The van der Waals surface area contributed by atoms with Crippen molar-refractivity contribution in [2.24, 2.45) is 0 Å². The first-order valence-corrected chi connectivity index (χ1v) is 11.1. The molecule has 5 rings (SSSR count). The summed E-state index contributed by atoms with van der Waals surface area (Å²) in [6.07, 6.45) is 1.59. The molecule has 1 aliphatic rings. The lowest BCUT2D eigenvalue weighted by Crippen LogP contribution is -2.48. The highest BCUT2D eigenvalue weighted by Crippen LogP contribution is 2.29. The number of hydrogen-bond acceptors (Lipinski definition) is 4. The number of carbonyl (C=O) groups is 1. The van der Waals surface area contributed by atoms with Crippen LogP contribution in [0.25, 0.3) is 22.8 Å². The van der Waals surface area contributed by atoms with Gasteiger partial charge in [-0.25, -0.2) is 9.37 Å². The summed E-state index contributed by atoms with van der Waals surface area (Å²) in [4.78, 5) is 21.8. The molecule has 0 unspecified atom stereocenters. The van der Waals surface area contributed by atoms with Crippen LogP contribution in [0.2, 0.25) is 5.02 Å². The molecule has 0 bridgehead atoms. The number of halogens is 2. The molecule has 5 nitrogen and oxygen atoms in total. The van der Waals surface area contributed by atoms with Crippen LogP contribution in [0.5, 0.6) is 0 Å². The van der Waals surface area contributed by atoms with Gasteiger partial charge >= 0.3 is 0 Å². The van der Waals surface area contributed by atoms with Crippen molar-refractivity contribution in [2.75, 3.05) is 31.1 Å². The average Bonchev–Trinajstić information content (AvgIpc) is 3.34. The smallest absolute Gasteiger partial charge is 0.254 e. The van der Waals surface area contributed by atoms with Crippen LogP contribution >= 0.6 is 11.6 Å². The number of piperazine rings is 1. The first-order valence-electron chi connectivity index (χ1n) is 10.7. The van der Waals surface area contributed by atoms with Gasteiger partial charge in [0.25, 0.3) is 5.91 Å². The Morgan fingerprint density at radius 1 is 0.939 bits per heavy atom. The molecule has 3 aromatic carbocycles. The van der Waals surface area contributed by atoms with Gasteiger partial charge in [0, 0.05) is 48.0 Å². The Labute approximate surface area is 196 Å². The Balaban J connectivity index is 1.34. The van der Waals surface area contributed by atoms with E-state index in [1.165, 1.54) is 12.1 Å². The zero-order valence-corrected chi connectivity index (χ0v) is 18.5. The van der Waals surface area contributed by atoms with Gasteiger partial charge in [0.2, 0.25) is 5.89 Å². The summed E-state index contributed by atoms with van der Waals surface area (Å²) in [5.74, 6) is 0.501. The van der Waals surface area contributed by atoms with Crippen LogP contribution in [0.15, 0.2) is 83.4 Å². The third-order valence-electron chi connectivity index (χ3n) is 5.76. The Morgan fingerprint density at radius 2 is 1.70 bits per heavy atom. The number of benzene rings is 3. The largest absolute Gasteiger partial charge is 0.436 e. The van der Waals surface area contributed by atoms with E-state index in [2.05, 4.69) is 9.88 Å². The van der Waals surface area contributed by atoms with Gasteiger partial charge in [-0.2, -0.15) is 0 Å². The highest BCUT2D eigenvalue weighted by molar-refractivity contribution is 6.30. The minimum atomic E-state index is -0.315. The first-order chi connectivity index (χ1) is 16.1. The zero-order chi connectivity index (χ0) is 22.8. The molecule has 33 heavy (non-hydrogen) atoms. The molecule has 0 spiro atoms. The van der Waals surface area contributed by atoms with Crippen molar-refractivity contribution in [1.82, 2.24) is 9.88 Å². The molecule has 0 aliphatic carbocycles. The number of nitrogens with zero attached hydrogens (tertiary/aromatic N) is 3. The lowest BCUT2D eigenvalue weighted by Gasteiger charge is -2.36. The lowest BCUT2D eigenvalue weighted by atomic mass is 10.1. The molecule has 0 saturated carbocycles. The van der Waals surface area contributed by atoms with Crippen LogP contribution in [-0.2, 0) is 0 Å². The van der Waals surface area contributed by atoms with E-state index in [9.17, 15) is 9.18 Å². The Morgan fingerprint density at radius 3 is 2.45 bits per heavy atom. The Hall–Kier alpha value is -3.64. The summed E-state index contributed by atoms with van der Waals surface area (Å²) in [7, 11) is 0. The van der Waals surface area contributed by atoms with E-state index in [-0.39, 0.29) is 11.7 Å². The molecule has 166 valence electrons. The maximum Gasteiger partial charge on any atom is 0.254 e. The average molecular weight is 462 g/mol. The van der Waals surface area contributed by atoms with Gasteiger partial charge in [0.05, 0.1) is 11.8 Å². The highest BCUT2D eigenvalue weighted by atomic mass is 35.5. The van der Waals surface area contributed by atoms with Crippen molar-refractivity contribution in [3.63, 3.8) is 0 Å². The molecule has 0 atom stereocenters. The summed E-state index contributed by atoms with van der Waals surface area (Å²) in [6.45, 7) is 2.65. The van der Waals surface area contributed by atoms with Crippen LogP contribution in [0.3, 0.4) is 0 Å². The molecule has 1 saturated heterocycles. The number of anilines is 1. The van der Waals surface area contributed by atoms with Crippen LogP contribution in [0, 0.1) is 5.82 Å². The van der Waals surface area contributed by atoms with Crippen molar-refractivity contribution in [3.05, 3.63) is 95.4 Å². The van der Waals surface area contributed by atoms with Crippen molar-refractivity contribution in [2.45, 2.75) is 0 Å². The summed E-state index contributed by atoms with van der Waals surface area (Å²) in [5.41, 5.74) is 2.95. The van der Waals surface area contributed by atoms with Gasteiger partial charge in [-0.1, -0.05) is 29.8 Å². The van der Waals surface area contributed by atoms with E-state index in [1.807, 2.05) is 47.4 Å². The summed E-state index contributed by atoms with van der Waals surface area (Å²) in [6, 6.07) is 21.1. The lowest BCUT2D eigenvalue weighted by molar-refractivity contribution is 0.0747. The zero-order valence-electron chi connectivity index (χ0n) is 17.7. The van der Waals surface area contributed by atoms with Crippen LogP contribution in [0.1, 0.15) is 10.4 Å². The highest BCUT2D eigenvalue weighted by Gasteiger charge is 2.25. The van der Waals surface area contributed by atoms with E-state index in [4.69, 9.17) is 16.0 Å². The van der Waals surface area contributed by atoms with Gasteiger partial charge < -0.3 is 14.2 Å². The fourth-order valence-electron chi connectivity index (χ4n) is 4.01. The topological polar surface area (TPSA) is 49.6 Å². The number of rotatable bonds is 4. The van der Waals surface area contributed by atoms with E-state index < -0.39 is 0 Å². The maximum atomic E-state index is 13.4. The summed E-state index contributed by atoms with van der Waals surface area (Å²) in [5, 5.41) is 0.700.